The zero-order valence-corrected chi connectivity index (χ0v) is 12.9. The number of halogens is 1. The minimum Gasteiger partial charge on any atom is -0.483 e. The number of amides is 1. The summed E-state index contributed by atoms with van der Waals surface area (Å²) >= 11 is 5.87. The van der Waals surface area contributed by atoms with E-state index in [0.29, 0.717) is 22.9 Å². The molecule has 1 N–H and O–H groups in total. The highest BCUT2D eigenvalue weighted by atomic mass is 35.5. The number of nitrogens with one attached hydrogen (secondary N) is 1. The first kappa shape index (κ1) is 15.9. The first-order valence-corrected chi connectivity index (χ1v) is 7.11. The summed E-state index contributed by atoms with van der Waals surface area (Å²) in [5, 5.41) is 12.0. The van der Waals surface area contributed by atoms with Gasteiger partial charge in [-0.15, -0.1) is 0 Å². The van der Waals surface area contributed by atoms with Crippen LogP contribution in [0.25, 0.3) is 0 Å². The predicted molar refractivity (Wildman–Crippen MR) is 86.1 cm³/mol. The van der Waals surface area contributed by atoms with Crippen molar-refractivity contribution in [1.82, 2.24) is 0 Å². The molecule has 0 bridgehead atoms. The molecule has 0 saturated carbocycles. The average molecular weight is 315 g/mol. The largest absolute Gasteiger partial charge is 0.483 e. The average Bonchev–Trinajstić information content (AvgIpc) is 2.49. The molecule has 0 fully saturated rings. The lowest BCUT2D eigenvalue weighted by molar-refractivity contribution is -0.118. The predicted octanol–water partition coefficient (Wildman–Crippen LogP) is 3.73. The Hall–Kier alpha value is -2.51. The zero-order chi connectivity index (χ0) is 15.9. The molecule has 0 radical (unpaired) electrons. The lowest BCUT2D eigenvalue weighted by Gasteiger charge is -2.10. The van der Waals surface area contributed by atoms with Crippen LogP contribution >= 0.6 is 11.6 Å². The van der Waals surface area contributed by atoms with E-state index in [1.165, 1.54) is 0 Å². The van der Waals surface area contributed by atoms with Crippen molar-refractivity contribution >= 4 is 23.2 Å². The van der Waals surface area contributed by atoms with E-state index < -0.39 is 0 Å². The molecule has 5 heteroatoms. The van der Waals surface area contributed by atoms with Crippen molar-refractivity contribution in [3.05, 3.63) is 58.6 Å². The van der Waals surface area contributed by atoms with Crippen molar-refractivity contribution in [3.63, 3.8) is 0 Å². The van der Waals surface area contributed by atoms with E-state index in [9.17, 15) is 4.79 Å². The smallest absolute Gasteiger partial charge is 0.262 e. The van der Waals surface area contributed by atoms with Crippen molar-refractivity contribution in [1.29, 1.82) is 5.26 Å². The van der Waals surface area contributed by atoms with E-state index >= 15 is 0 Å². The second-order valence-corrected chi connectivity index (χ2v) is 5.21. The van der Waals surface area contributed by atoms with Gasteiger partial charge in [0.15, 0.2) is 6.61 Å². The maximum Gasteiger partial charge on any atom is 0.262 e. The van der Waals surface area contributed by atoms with Gasteiger partial charge in [0.25, 0.3) is 5.91 Å². The van der Waals surface area contributed by atoms with Gasteiger partial charge in [0, 0.05) is 10.7 Å². The number of hydrogen-bond donors (Lipinski definition) is 1. The normalized spacial score (nSPS) is 9.86. The number of carbonyl (C=O) groups is 1. The maximum atomic E-state index is 11.9. The van der Waals surface area contributed by atoms with Crippen LogP contribution in [-0.4, -0.2) is 12.5 Å². The third-order valence-electron chi connectivity index (χ3n) is 3.02. The summed E-state index contributed by atoms with van der Waals surface area (Å²) < 4.78 is 5.47. The van der Waals surface area contributed by atoms with Crippen LogP contribution in [0.4, 0.5) is 5.69 Å². The van der Waals surface area contributed by atoms with Gasteiger partial charge in [-0.1, -0.05) is 23.7 Å². The van der Waals surface area contributed by atoms with Crippen LogP contribution in [0.1, 0.15) is 11.1 Å². The fraction of sp³-hybridized carbons (Fsp3) is 0.176. The van der Waals surface area contributed by atoms with Crippen molar-refractivity contribution in [3.8, 4) is 11.8 Å². The molecule has 0 heterocycles. The molecule has 4 nitrogen and oxygen atoms in total. The third kappa shape index (κ3) is 4.51. The van der Waals surface area contributed by atoms with E-state index in [4.69, 9.17) is 21.6 Å². The first-order valence-electron chi connectivity index (χ1n) is 6.73. The molecule has 0 aliphatic heterocycles. The SMILES string of the molecule is Cc1cc(Cl)ccc1OCC(=O)Nc1ccc(CC#N)cc1. The Labute approximate surface area is 134 Å². The van der Waals surface area contributed by atoms with Crippen molar-refractivity contribution in [2.45, 2.75) is 13.3 Å². The minimum atomic E-state index is -0.248. The van der Waals surface area contributed by atoms with Crippen LogP contribution in [-0.2, 0) is 11.2 Å². The monoisotopic (exact) mass is 314 g/mol. The number of nitriles is 1. The van der Waals surface area contributed by atoms with Gasteiger partial charge in [0.05, 0.1) is 12.5 Å². The van der Waals surface area contributed by atoms with Gasteiger partial charge < -0.3 is 10.1 Å². The van der Waals surface area contributed by atoms with E-state index in [1.807, 2.05) is 19.1 Å². The van der Waals surface area contributed by atoms with E-state index in [0.717, 1.165) is 11.1 Å². The number of carbonyl (C=O) groups excluding carboxylic acids is 1. The summed E-state index contributed by atoms with van der Waals surface area (Å²) in [5.74, 6) is 0.381. The lowest BCUT2D eigenvalue weighted by atomic mass is 10.1. The summed E-state index contributed by atoms with van der Waals surface area (Å²) in [7, 11) is 0. The standard InChI is InChI=1S/C17H15ClN2O2/c1-12-10-14(18)4-7-16(12)22-11-17(21)20-15-5-2-13(3-6-15)8-9-19/h2-7,10H,8,11H2,1H3,(H,20,21). The molecule has 0 aliphatic carbocycles. The third-order valence-corrected chi connectivity index (χ3v) is 3.25. The molecule has 1 amide bonds. The molecule has 2 aromatic carbocycles. The molecule has 0 aromatic heterocycles. The number of aryl methyl sites for hydroxylation is 1. The molecule has 0 spiro atoms. The number of ether oxygens (including phenoxy) is 1. The fourth-order valence-corrected chi connectivity index (χ4v) is 2.14. The van der Waals surface area contributed by atoms with Crippen LogP contribution in [0.3, 0.4) is 0 Å². The number of benzene rings is 2. The van der Waals surface area contributed by atoms with Crippen molar-refractivity contribution in [2.24, 2.45) is 0 Å². The van der Waals surface area contributed by atoms with Gasteiger partial charge in [0.1, 0.15) is 5.75 Å². The molecular formula is C17H15ClN2O2. The van der Waals surface area contributed by atoms with Crippen LogP contribution < -0.4 is 10.1 Å². The van der Waals surface area contributed by atoms with Crippen LogP contribution in [0.5, 0.6) is 5.75 Å². The molecule has 2 rings (SSSR count). The number of anilines is 1. The Morgan fingerprint density at radius 1 is 1.27 bits per heavy atom. The number of hydrogen-bond acceptors (Lipinski definition) is 3. The molecule has 22 heavy (non-hydrogen) atoms. The minimum absolute atomic E-state index is 0.0809. The summed E-state index contributed by atoms with van der Waals surface area (Å²) in [4.78, 5) is 11.9. The van der Waals surface area contributed by atoms with Gasteiger partial charge in [0.2, 0.25) is 0 Å². The molecular weight excluding hydrogens is 300 g/mol. The summed E-state index contributed by atoms with van der Waals surface area (Å²) in [6, 6.07) is 14.5. The van der Waals surface area contributed by atoms with E-state index in [-0.39, 0.29) is 12.5 Å². The van der Waals surface area contributed by atoms with Gasteiger partial charge in [-0.3, -0.25) is 4.79 Å². The van der Waals surface area contributed by atoms with Gasteiger partial charge in [-0.05, 0) is 48.4 Å². The maximum absolute atomic E-state index is 11.9. The van der Waals surface area contributed by atoms with Crippen LogP contribution in [0.2, 0.25) is 5.02 Å². The summed E-state index contributed by atoms with van der Waals surface area (Å²) in [6.45, 7) is 1.79. The Balaban J connectivity index is 1.89. The van der Waals surface area contributed by atoms with Gasteiger partial charge in [-0.2, -0.15) is 5.26 Å². The summed E-state index contributed by atoms with van der Waals surface area (Å²) in [5.41, 5.74) is 2.46. The van der Waals surface area contributed by atoms with Gasteiger partial charge >= 0.3 is 0 Å². The molecule has 0 unspecified atom stereocenters. The molecule has 112 valence electrons. The Morgan fingerprint density at radius 3 is 2.64 bits per heavy atom. The van der Waals surface area contributed by atoms with E-state index in [2.05, 4.69) is 11.4 Å². The molecule has 2 aromatic rings. The highest BCUT2D eigenvalue weighted by Gasteiger charge is 2.06. The topological polar surface area (TPSA) is 62.1 Å². The quantitative estimate of drug-likeness (QED) is 0.914. The fourth-order valence-electron chi connectivity index (χ4n) is 1.91. The Morgan fingerprint density at radius 2 is 2.00 bits per heavy atom. The number of nitrogens with zero attached hydrogens (tertiary/aromatic N) is 1. The Bertz CT molecular complexity index is 706. The summed E-state index contributed by atoms with van der Waals surface area (Å²) in [6.07, 6.45) is 0.354. The second kappa shape index (κ2) is 7.48. The highest BCUT2D eigenvalue weighted by molar-refractivity contribution is 6.30. The molecule has 0 atom stereocenters. The lowest BCUT2D eigenvalue weighted by Crippen LogP contribution is -2.20. The Kier molecular flexibility index (Phi) is 5.40. The van der Waals surface area contributed by atoms with Crippen LogP contribution in [0, 0.1) is 18.3 Å². The first-order chi connectivity index (χ1) is 10.6. The van der Waals surface area contributed by atoms with Crippen molar-refractivity contribution in [2.75, 3.05) is 11.9 Å². The molecule has 0 saturated heterocycles. The zero-order valence-electron chi connectivity index (χ0n) is 12.1. The van der Waals surface area contributed by atoms with E-state index in [1.54, 1.807) is 30.3 Å². The second-order valence-electron chi connectivity index (χ2n) is 4.78. The van der Waals surface area contributed by atoms with Crippen molar-refractivity contribution < 1.29 is 9.53 Å². The number of rotatable bonds is 5. The highest BCUT2D eigenvalue weighted by Crippen LogP contribution is 2.21. The molecule has 0 aliphatic rings. The van der Waals surface area contributed by atoms with Crippen LogP contribution in [0.15, 0.2) is 42.5 Å². The van der Waals surface area contributed by atoms with Gasteiger partial charge in [-0.25, -0.2) is 0 Å².